The molecule has 1 N–H and O–H groups in total. The summed E-state index contributed by atoms with van der Waals surface area (Å²) in [5.41, 5.74) is 0. The number of sulfonamides is 1. The number of rotatable bonds is 5. The lowest BCUT2D eigenvalue weighted by atomic mass is 10.1. The van der Waals surface area contributed by atoms with Gasteiger partial charge in [0.15, 0.2) is 0 Å². The Hall–Kier alpha value is 0.0500. The van der Waals surface area contributed by atoms with E-state index in [-0.39, 0.29) is 6.04 Å². The minimum Gasteiger partial charge on any atom is -0.315 e. The van der Waals surface area contributed by atoms with E-state index in [9.17, 15) is 8.42 Å². The van der Waals surface area contributed by atoms with Gasteiger partial charge in [0.2, 0.25) is 10.0 Å². The molecule has 1 fully saturated rings. The van der Waals surface area contributed by atoms with Crippen molar-refractivity contribution in [2.75, 3.05) is 14.1 Å². The maximum atomic E-state index is 12.9. The van der Waals surface area contributed by atoms with Gasteiger partial charge in [0, 0.05) is 24.5 Å². The van der Waals surface area contributed by atoms with Gasteiger partial charge >= 0.3 is 0 Å². The Morgan fingerprint density at radius 2 is 1.95 bits per heavy atom. The summed E-state index contributed by atoms with van der Waals surface area (Å²) in [6.07, 6.45) is 6.64. The van der Waals surface area contributed by atoms with E-state index in [2.05, 4.69) is 21.2 Å². The Morgan fingerprint density at radius 1 is 1.33 bits per heavy atom. The van der Waals surface area contributed by atoms with E-state index in [0.717, 1.165) is 30.6 Å². The Morgan fingerprint density at radius 3 is 2.52 bits per heavy atom. The van der Waals surface area contributed by atoms with Gasteiger partial charge in [-0.15, -0.1) is 11.3 Å². The molecule has 0 unspecified atom stereocenters. The summed E-state index contributed by atoms with van der Waals surface area (Å²) in [7, 11) is 0.176. The molecule has 2 rings (SSSR count). The molecule has 1 aliphatic rings. The van der Waals surface area contributed by atoms with Crippen LogP contribution in [-0.4, -0.2) is 32.9 Å². The van der Waals surface area contributed by atoms with Crippen LogP contribution in [-0.2, 0) is 16.6 Å². The molecule has 0 bridgehead atoms. The topological polar surface area (TPSA) is 49.4 Å². The molecule has 21 heavy (non-hydrogen) atoms. The number of hydrogen-bond acceptors (Lipinski definition) is 4. The zero-order valence-corrected chi connectivity index (χ0v) is 15.8. The second kappa shape index (κ2) is 7.55. The third kappa shape index (κ3) is 4.07. The lowest BCUT2D eigenvalue weighted by Crippen LogP contribution is -2.36. The molecular formula is C14H23BrN2O2S2. The Labute approximate surface area is 140 Å². The van der Waals surface area contributed by atoms with E-state index < -0.39 is 10.0 Å². The van der Waals surface area contributed by atoms with Gasteiger partial charge in [-0.1, -0.05) is 25.7 Å². The van der Waals surface area contributed by atoms with Gasteiger partial charge in [-0.2, -0.15) is 4.31 Å². The van der Waals surface area contributed by atoms with E-state index >= 15 is 0 Å². The molecule has 0 amide bonds. The summed E-state index contributed by atoms with van der Waals surface area (Å²) in [5.74, 6) is 0. The van der Waals surface area contributed by atoms with Crippen LogP contribution >= 0.6 is 27.3 Å². The summed E-state index contributed by atoms with van der Waals surface area (Å²) >= 11 is 4.90. The molecule has 0 saturated heterocycles. The zero-order chi connectivity index (χ0) is 15.5. The molecule has 1 saturated carbocycles. The van der Waals surface area contributed by atoms with Crippen LogP contribution in [0.5, 0.6) is 0 Å². The fourth-order valence-electron chi connectivity index (χ4n) is 2.81. The standard InChI is InChI=1S/C14H23BrN2O2S2/c1-16-10-12-9-13(14(15)20-12)21(18,19)17(2)11-7-5-3-4-6-8-11/h9,11,16H,3-8,10H2,1-2H3. The summed E-state index contributed by atoms with van der Waals surface area (Å²) < 4.78 is 28.0. The average molecular weight is 395 g/mol. The van der Waals surface area contributed by atoms with E-state index in [0.29, 0.717) is 15.2 Å². The molecule has 0 atom stereocenters. The third-order valence-corrected chi connectivity index (χ3v) is 8.22. The lowest BCUT2D eigenvalue weighted by Gasteiger charge is -2.26. The van der Waals surface area contributed by atoms with Crippen LogP contribution in [0.2, 0.25) is 0 Å². The van der Waals surface area contributed by atoms with Crippen LogP contribution in [0.3, 0.4) is 0 Å². The Bertz CT molecular complexity index is 564. The minimum absolute atomic E-state index is 0.136. The van der Waals surface area contributed by atoms with Gasteiger partial charge < -0.3 is 5.32 Å². The van der Waals surface area contributed by atoms with Crippen LogP contribution < -0.4 is 5.32 Å². The molecule has 120 valence electrons. The first-order valence-corrected chi connectivity index (χ1v) is 10.4. The van der Waals surface area contributed by atoms with Gasteiger partial charge in [0.25, 0.3) is 0 Å². The van der Waals surface area contributed by atoms with Crippen molar-refractivity contribution in [2.45, 2.75) is 56.0 Å². The highest BCUT2D eigenvalue weighted by molar-refractivity contribution is 9.11. The van der Waals surface area contributed by atoms with Crippen LogP contribution in [0.25, 0.3) is 0 Å². The van der Waals surface area contributed by atoms with E-state index in [1.807, 2.05) is 7.05 Å². The number of nitrogens with one attached hydrogen (secondary N) is 1. The first kappa shape index (κ1) is 17.4. The lowest BCUT2D eigenvalue weighted by molar-refractivity contribution is 0.335. The zero-order valence-electron chi connectivity index (χ0n) is 12.6. The van der Waals surface area contributed by atoms with Gasteiger partial charge in [-0.05, 0) is 41.9 Å². The van der Waals surface area contributed by atoms with Crippen LogP contribution in [0.15, 0.2) is 14.7 Å². The summed E-state index contributed by atoms with van der Waals surface area (Å²) in [5, 5.41) is 3.06. The molecule has 0 radical (unpaired) electrons. The van der Waals surface area contributed by atoms with Crippen LogP contribution in [0, 0.1) is 0 Å². The monoisotopic (exact) mass is 394 g/mol. The molecular weight excluding hydrogens is 372 g/mol. The highest BCUT2D eigenvalue weighted by Gasteiger charge is 2.31. The van der Waals surface area contributed by atoms with Crippen molar-refractivity contribution in [3.8, 4) is 0 Å². The maximum Gasteiger partial charge on any atom is 0.245 e. The van der Waals surface area contributed by atoms with Crippen molar-refractivity contribution >= 4 is 37.3 Å². The molecule has 0 aliphatic heterocycles. The molecule has 4 nitrogen and oxygen atoms in total. The molecule has 1 heterocycles. The van der Waals surface area contributed by atoms with Crippen molar-refractivity contribution in [2.24, 2.45) is 0 Å². The van der Waals surface area contributed by atoms with Crippen molar-refractivity contribution in [3.63, 3.8) is 0 Å². The van der Waals surface area contributed by atoms with Gasteiger partial charge in [-0.25, -0.2) is 8.42 Å². The Balaban J connectivity index is 2.23. The van der Waals surface area contributed by atoms with Crippen molar-refractivity contribution < 1.29 is 8.42 Å². The predicted octanol–water partition coefficient (Wildman–Crippen LogP) is 3.57. The molecule has 1 aromatic heterocycles. The van der Waals surface area contributed by atoms with Crippen LogP contribution in [0.1, 0.15) is 43.4 Å². The first-order valence-electron chi connectivity index (χ1n) is 7.37. The molecule has 1 aliphatic carbocycles. The highest BCUT2D eigenvalue weighted by Crippen LogP contribution is 2.35. The Kier molecular flexibility index (Phi) is 6.25. The smallest absolute Gasteiger partial charge is 0.245 e. The predicted molar refractivity (Wildman–Crippen MR) is 91.2 cm³/mol. The van der Waals surface area contributed by atoms with Crippen molar-refractivity contribution in [1.29, 1.82) is 0 Å². The largest absolute Gasteiger partial charge is 0.315 e. The quantitative estimate of drug-likeness (QED) is 0.776. The van der Waals surface area contributed by atoms with Crippen molar-refractivity contribution in [1.82, 2.24) is 9.62 Å². The van der Waals surface area contributed by atoms with E-state index in [4.69, 9.17) is 0 Å². The number of halogens is 1. The maximum absolute atomic E-state index is 12.9. The highest BCUT2D eigenvalue weighted by atomic mass is 79.9. The molecule has 7 heteroatoms. The normalized spacial score (nSPS) is 18.1. The minimum atomic E-state index is -3.41. The van der Waals surface area contributed by atoms with Gasteiger partial charge in [0.05, 0.1) is 3.79 Å². The van der Waals surface area contributed by atoms with E-state index in [1.165, 1.54) is 24.2 Å². The molecule has 0 spiro atoms. The van der Waals surface area contributed by atoms with Crippen LogP contribution in [0.4, 0.5) is 0 Å². The average Bonchev–Trinajstić information content (AvgIpc) is 2.67. The van der Waals surface area contributed by atoms with Crippen molar-refractivity contribution in [3.05, 3.63) is 14.7 Å². The summed E-state index contributed by atoms with van der Waals surface area (Å²) in [6.45, 7) is 0.686. The SMILES string of the molecule is CNCc1cc(S(=O)(=O)N(C)C2CCCCCC2)c(Br)s1. The number of hydrogen-bond donors (Lipinski definition) is 1. The second-order valence-corrected chi connectivity index (χ2v) is 9.97. The second-order valence-electron chi connectivity index (χ2n) is 5.55. The molecule has 0 aromatic carbocycles. The molecule has 1 aromatic rings. The summed E-state index contributed by atoms with van der Waals surface area (Å²) in [4.78, 5) is 1.43. The fourth-order valence-corrected chi connectivity index (χ4v) is 6.87. The van der Waals surface area contributed by atoms with Gasteiger partial charge in [-0.3, -0.25) is 0 Å². The van der Waals surface area contributed by atoms with Gasteiger partial charge in [0.1, 0.15) is 4.90 Å². The first-order chi connectivity index (χ1) is 9.96. The van der Waals surface area contributed by atoms with E-state index in [1.54, 1.807) is 17.4 Å². The summed E-state index contributed by atoms with van der Waals surface area (Å²) in [6, 6.07) is 1.92. The number of nitrogens with zero attached hydrogens (tertiary/aromatic N) is 1. The third-order valence-electron chi connectivity index (χ3n) is 4.05. The fraction of sp³-hybridized carbons (Fsp3) is 0.714. The number of thiophene rings is 1.